The van der Waals surface area contributed by atoms with E-state index in [2.05, 4.69) is 0 Å². The zero-order valence-electron chi connectivity index (χ0n) is 10.9. The highest BCUT2D eigenvalue weighted by Crippen LogP contribution is 2.28. The number of rotatable bonds is 5. The third-order valence-electron chi connectivity index (χ3n) is 2.93. The number of carbonyl (C=O) groups excluding carboxylic acids is 1. The first kappa shape index (κ1) is 16.4. The number of carboxylic acid groups (broad SMARTS) is 1. The summed E-state index contributed by atoms with van der Waals surface area (Å²) in [5.41, 5.74) is -1.32. The lowest BCUT2D eigenvalue weighted by molar-refractivity contribution is -0.143. The summed E-state index contributed by atoms with van der Waals surface area (Å²) in [6.07, 6.45) is 0. The molecule has 7 heteroatoms. The summed E-state index contributed by atoms with van der Waals surface area (Å²) in [5.74, 6) is -2.97. The Morgan fingerprint density at radius 1 is 1.45 bits per heavy atom. The van der Waals surface area contributed by atoms with Crippen molar-refractivity contribution in [1.29, 1.82) is 0 Å². The smallest absolute Gasteiger partial charge is 0.328 e. The van der Waals surface area contributed by atoms with Gasteiger partial charge in [-0.15, -0.1) is 0 Å². The molecule has 20 heavy (non-hydrogen) atoms. The summed E-state index contributed by atoms with van der Waals surface area (Å²) < 4.78 is 26.3. The van der Waals surface area contributed by atoms with Crippen molar-refractivity contribution in [3.05, 3.63) is 34.6 Å². The van der Waals surface area contributed by atoms with Gasteiger partial charge in [0, 0.05) is 10.6 Å². The van der Waals surface area contributed by atoms with Crippen molar-refractivity contribution in [3.63, 3.8) is 0 Å². The van der Waals surface area contributed by atoms with Gasteiger partial charge in [0.05, 0.1) is 5.41 Å². The van der Waals surface area contributed by atoms with Gasteiger partial charge in [0.25, 0.3) is 0 Å². The van der Waals surface area contributed by atoms with Crippen molar-refractivity contribution in [3.8, 4) is 0 Å². The van der Waals surface area contributed by atoms with E-state index in [1.54, 1.807) is 0 Å². The van der Waals surface area contributed by atoms with Crippen molar-refractivity contribution in [1.82, 2.24) is 5.32 Å². The quantitative estimate of drug-likeness (QED) is 0.877. The number of carbonyl (C=O) groups is 2. The normalized spacial score (nSPS) is 12.8. The highest BCUT2D eigenvalue weighted by molar-refractivity contribution is 6.30. The molecule has 1 aromatic carbocycles. The van der Waals surface area contributed by atoms with Gasteiger partial charge in [0.2, 0.25) is 5.91 Å². The second-order valence-electron chi connectivity index (χ2n) is 4.77. The summed E-state index contributed by atoms with van der Waals surface area (Å²) in [6, 6.07) is 2.15. The zero-order chi connectivity index (χ0) is 15.5. The van der Waals surface area contributed by atoms with Gasteiger partial charge in [-0.05, 0) is 26.0 Å². The maximum absolute atomic E-state index is 13.8. The van der Waals surface area contributed by atoms with Crippen LogP contribution >= 0.6 is 11.6 Å². The number of halogens is 3. The Morgan fingerprint density at radius 2 is 2.05 bits per heavy atom. The molecule has 110 valence electrons. The van der Waals surface area contributed by atoms with Crippen LogP contribution in [0.25, 0.3) is 0 Å². The van der Waals surface area contributed by atoms with Gasteiger partial charge in [-0.2, -0.15) is 0 Å². The summed E-state index contributed by atoms with van der Waals surface area (Å²) in [4.78, 5) is 22.7. The van der Waals surface area contributed by atoms with E-state index in [0.29, 0.717) is 0 Å². The average molecular weight is 306 g/mol. The number of alkyl halides is 1. The summed E-state index contributed by atoms with van der Waals surface area (Å²) in [5, 5.41) is 10.9. The van der Waals surface area contributed by atoms with Crippen molar-refractivity contribution in [2.24, 2.45) is 0 Å². The molecule has 0 aliphatic heterocycles. The van der Waals surface area contributed by atoms with E-state index in [4.69, 9.17) is 16.7 Å². The summed E-state index contributed by atoms with van der Waals surface area (Å²) >= 11 is 5.63. The Morgan fingerprint density at radius 3 is 2.50 bits per heavy atom. The van der Waals surface area contributed by atoms with Gasteiger partial charge < -0.3 is 10.4 Å². The van der Waals surface area contributed by atoms with Gasteiger partial charge in [0.1, 0.15) is 12.5 Å². The van der Waals surface area contributed by atoms with Gasteiger partial charge in [-0.25, -0.2) is 13.6 Å². The van der Waals surface area contributed by atoms with E-state index in [9.17, 15) is 18.4 Å². The third kappa shape index (κ3) is 3.45. The molecular weight excluding hydrogens is 292 g/mol. The third-order valence-corrected chi connectivity index (χ3v) is 3.16. The molecular formula is C13H14ClF2NO3. The standard InChI is InChI=1S/C13H14ClF2NO3/c1-13(2,8-4-3-7(14)5-9(8)16)12(20)17-10(6-15)11(18)19/h3-5,10H,6H2,1-2H3,(H,17,20)(H,18,19). The highest BCUT2D eigenvalue weighted by atomic mass is 35.5. The lowest BCUT2D eigenvalue weighted by Gasteiger charge is -2.26. The number of nitrogens with one attached hydrogen (secondary N) is 1. The van der Waals surface area contributed by atoms with Crippen molar-refractivity contribution in [2.75, 3.05) is 6.67 Å². The van der Waals surface area contributed by atoms with Crippen LogP contribution in [0.1, 0.15) is 19.4 Å². The van der Waals surface area contributed by atoms with E-state index >= 15 is 0 Å². The van der Waals surface area contributed by atoms with Crippen LogP contribution in [0.5, 0.6) is 0 Å². The number of aliphatic carboxylic acids is 1. The van der Waals surface area contributed by atoms with E-state index in [1.165, 1.54) is 26.0 Å². The van der Waals surface area contributed by atoms with Gasteiger partial charge >= 0.3 is 5.97 Å². The lowest BCUT2D eigenvalue weighted by Crippen LogP contribution is -2.49. The molecule has 0 fully saturated rings. The molecule has 1 amide bonds. The van der Waals surface area contributed by atoms with Gasteiger partial charge in [-0.1, -0.05) is 17.7 Å². The maximum Gasteiger partial charge on any atom is 0.328 e. The minimum absolute atomic E-state index is 0.0439. The zero-order valence-corrected chi connectivity index (χ0v) is 11.7. The first-order valence-electron chi connectivity index (χ1n) is 5.75. The number of benzene rings is 1. The van der Waals surface area contributed by atoms with E-state index in [1.807, 2.05) is 5.32 Å². The van der Waals surface area contributed by atoms with Crippen LogP contribution in [0.4, 0.5) is 8.78 Å². The molecule has 0 aromatic heterocycles. The monoisotopic (exact) mass is 305 g/mol. The molecule has 0 saturated carbocycles. The van der Waals surface area contributed by atoms with Crippen molar-refractivity contribution >= 4 is 23.5 Å². The molecule has 0 heterocycles. The average Bonchev–Trinajstić information content (AvgIpc) is 2.34. The molecule has 0 aliphatic carbocycles. The molecule has 4 nitrogen and oxygen atoms in total. The first-order valence-corrected chi connectivity index (χ1v) is 6.13. The fourth-order valence-corrected chi connectivity index (χ4v) is 1.78. The largest absolute Gasteiger partial charge is 0.480 e. The Hall–Kier alpha value is -1.69. The fourth-order valence-electron chi connectivity index (χ4n) is 1.62. The minimum atomic E-state index is -1.66. The molecule has 0 aliphatic rings. The van der Waals surface area contributed by atoms with Crippen LogP contribution in [0.15, 0.2) is 18.2 Å². The number of carboxylic acids is 1. The Balaban J connectivity index is 3.03. The van der Waals surface area contributed by atoms with E-state index in [-0.39, 0.29) is 10.6 Å². The van der Waals surface area contributed by atoms with E-state index in [0.717, 1.165) is 6.07 Å². The van der Waals surface area contributed by atoms with Gasteiger partial charge in [0.15, 0.2) is 6.04 Å². The SMILES string of the molecule is CC(C)(C(=O)NC(CF)C(=O)O)c1ccc(Cl)cc1F. The molecule has 1 unspecified atom stereocenters. The van der Waals surface area contributed by atoms with Crippen LogP contribution in [0, 0.1) is 5.82 Å². The topological polar surface area (TPSA) is 66.4 Å². The number of amides is 1. The predicted molar refractivity (Wildman–Crippen MR) is 70.0 cm³/mol. The van der Waals surface area contributed by atoms with E-state index < -0.39 is 35.8 Å². The number of hydrogen-bond acceptors (Lipinski definition) is 2. The van der Waals surface area contributed by atoms with Crippen molar-refractivity contribution < 1.29 is 23.5 Å². The number of hydrogen-bond donors (Lipinski definition) is 2. The molecule has 1 atom stereocenters. The molecule has 2 N–H and O–H groups in total. The van der Waals surface area contributed by atoms with Crippen LogP contribution in [0.2, 0.25) is 5.02 Å². The maximum atomic E-state index is 13.8. The molecule has 0 saturated heterocycles. The lowest BCUT2D eigenvalue weighted by atomic mass is 9.83. The van der Waals surface area contributed by atoms with Crippen LogP contribution in [-0.2, 0) is 15.0 Å². The van der Waals surface area contributed by atoms with Crippen LogP contribution in [-0.4, -0.2) is 29.7 Å². The molecule has 0 radical (unpaired) electrons. The van der Waals surface area contributed by atoms with Crippen LogP contribution < -0.4 is 5.32 Å². The molecule has 0 bridgehead atoms. The molecule has 1 rings (SSSR count). The Kier molecular flexibility index (Phi) is 5.05. The Bertz CT molecular complexity index is 534. The molecule has 1 aromatic rings. The van der Waals surface area contributed by atoms with Gasteiger partial charge in [-0.3, -0.25) is 4.79 Å². The summed E-state index contributed by atoms with van der Waals surface area (Å²) in [7, 11) is 0. The second kappa shape index (κ2) is 6.17. The molecule has 0 spiro atoms. The summed E-state index contributed by atoms with van der Waals surface area (Å²) in [6.45, 7) is 1.57. The van der Waals surface area contributed by atoms with Crippen LogP contribution in [0.3, 0.4) is 0 Å². The minimum Gasteiger partial charge on any atom is -0.480 e. The van der Waals surface area contributed by atoms with Crippen molar-refractivity contribution in [2.45, 2.75) is 25.3 Å². The Labute approximate surface area is 119 Å². The second-order valence-corrected chi connectivity index (χ2v) is 5.20. The fraction of sp³-hybridized carbons (Fsp3) is 0.385. The first-order chi connectivity index (χ1) is 9.20. The predicted octanol–water partition coefficient (Wildman–Crippen LogP) is 2.30. The highest BCUT2D eigenvalue weighted by Gasteiger charge is 2.35.